The molecule has 7 aromatic carbocycles. The number of hydrogen-bond donors (Lipinski definition) is 2. The maximum absolute atomic E-state index is 6.73. The molecule has 4 nitrogen and oxygen atoms in total. The van der Waals surface area contributed by atoms with Gasteiger partial charge in [-0.05, 0) is 77.8 Å². The van der Waals surface area contributed by atoms with Crippen LogP contribution in [0.25, 0.3) is 60.6 Å². The normalized spacial score (nSPS) is 12.0. The minimum atomic E-state index is -0.220. The molecule has 0 aliphatic heterocycles. The molecular formula is C48H44N4. The molecule has 256 valence electrons. The molecule has 0 amide bonds. The molecule has 0 bridgehead atoms. The molecule has 0 saturated carbocycles. The first-order valence-corrected chi connectivity index (χ1v) is 18.0. The highest BCUT2D eigenvalue weighted by Crippen LogP contribution is 2.37. The molecule has 0 aliphatic carbocycles. The molecule has 2 heterocycles. The number of para-hydroxylation sites is 3. The van der Waals surface area contributed by atoms with E-state index in [-0.39, 0.29) is 6.04 Å². The van der Waals surface area contributed by atoms with E-state index >= 15 is 0 Å². The van der Waals surface area contributed by atoms with Gasteiger partial charge in [0.2, 0.25) is 0 Å². The first-order valence-electron chi connectivity index (χ1n) is 18.0. The van der Waals surface area contributed by atoms with Gasteiger partial charge in [-0.25, -0.2) is 0 Å². The predicted octanol–water partition coefficient (Wildman–Crippen LogP) is 11.6. The lowest BCUT2D eigenvalue weighted by Gasteiger charge is -2.15. The average Bonchev–Trinajstić information content (AvgIpc) is 3.75. The number of hydrogen-bond acceptors (Lipinski definition) is 2. The van der Waals surface area contributed by atoms with Crippen molar-refractivity contribution in [1.29, 1.82) is 0 Å². The highest BCUT2D eigenvalue weighted by molar-refractivity contribution is 6.12. The fourth-order valence-electron chi connectivity index (χ4n) is 7.30. The summed E-state index contributed by atoms with van der Waals surface area (Å²) in [7, 11) is 1.50. The van der Waals surface area contributed by atoms with Gasteiger partial charge in [-0.1, -0.05) is 147 Å². The smallest absolute Gasteiger partial charge is 0.0542 e. The van der Waals surface area contributed by atoms with Crippen LogP contribution < -0.4 is 11.5 Å². The van der Waals surface area contributed by atoms with Crippen molar-refractivity contribution in [3.63, 3.8) is 0 Å². The second-order valence-corrected chi connectivity index (χ2v) is 12.4. The van der Waals surface area contributed by atoms with Gasteiger partial charge >= 0.3 is 0 Å². The standard InChI is InChI=1S/C45H33N3.C2H6.CH5N/c46-41(33-15-5-2-6-16-33)30-39(31-13-3-1-4-14-31)32-23-25-34(26-24-32)47-44-22-12-9-19-38(44)40-29-35(27-28-45(40)47)48-42-20-10-7-17-36(42)37-18-8-11-21-43(37)48;2*1-2/h1-30,41H,46H2;1-2H3;2H2,1H3/b39-30-;;. The lowest BCUT2D eigenvalue weighted by Crippen LogP contribution is -2.08. The fraction of sp³-hybridized carbons (Fsp3) is 0.0833. The van der Waals surface area contributed by atoms with Crippen LogP contribution in [-0.4, -0.2) is 16.2 Å². The van der Waals surface area contributed by atoms with E-state index in [0.29, 0.717) is 0 Å². The summed E-state index contributed by atoms with van der Waals surface area (Å²) in [6.45, 7) is 4.00. The molecule has 9 rings (SSSR count). The summed E-state index contributed by atoms with van der Waals surface area (Å²) in [5.41, 5.74) is 22.8. The third kappa shape index (κ3) is 6.20. The SMILES string of the molecule is CC.CN.NC(/C=C(/c1ccccc1)c1ccc(-n2c3ccccc3c3cc(-n4c5ccccc5c5ccccc54)ccc32)cc1)c1ccccc1. The van der Waals surface area contributed by atoms with Gasteiger partial charge < -0.3 is 20.6 Å². The molecule has 9 aromatic rings. The van der Waals surface area contributed by atoms with Crippen LogP contribution in [0.4, 0.5) is 0 Å². The Bertz CT molecular complexity index is 2560. The summed E-state index contributed by atoms with van der Waals surface area (Å²) >= 11 is 0. The number of rotatable bonds is 6. The van der Waals surface area contributed by atoms with E-state index < -0.39 is 0 Å². The molecule has 0 radical (unpaired) electrons. The Kier molecular flexibility index (Phi) is 10.1. The van der Waals surface area contributed by atoms with Crippen molar-refractivity contribution >= 4 is 49.2 Å². The van der Waals surface area contributed by atoms with Gasteiger partial charge in [0.15, 0.2) is 0 Å². The third-order valence-corrected chi connectivity index (χ3v) is 9.55. The van der Waals surface area contributed by atoms with Crippen molar-refractivity contribution in [2.45, 2.75) is 19.9 Å². The highest BCUT2D eigenvalue weighted by Gasteiger charge is 2.17. The number of nitrogens with two attached hydrogens (primary N) is 2. The summed E-state index contributed by atoms with van der Waals surface area (Å²) < 4.78 is 4.77. The van der Waals surface area contributed by atoms with E-state index in [1.807, 2.05) is 32.0 Å². The number of nitrogens with zero attached hydrogens (tertiary/aromatic N) is 2. The molecule has 1 atom stereocenters. The summed E-state index contributed by atoms with van der Waals surface area (Å²) in [5.74, 6) is 0. The molecule has 0 saturated heterocycles. The topological polar surface area (TPSA) is 61.9 Å². The van der Waals surface area contributed by atoms with Crippen LogP contribution in [0.15, 0.2) is 182 Å². The maximum Gasteiger partial charge on any atom is 0.0542 e. The van der Waals surface area contributed by atoms with Gasteiger partial charge in [0.05, 0.1) is 22.1 Å². The summed E-state index contributed by atoms with van der Waals surface area (Å²) in [5, 5.41) is 5.00. The molecule has 4 N–H and O–H groups in total. The number of benzene rings is 7. The van der Waals surface area contributed by atoms with E-state index in [9.17, 15) is 0 Å². The van der Waals surface area contributed by atoms with E-state index in [1.54, 1.807) is 0 Å². The average molecular weight is 677 g/mol. The van der Waals surface area contributed by atoms with Crippen molar-refractivity contribution in [2.24, 2.45) is 11.5 Å². The van der Waals surface area contributed by atoms with Gasteiger partial charge in [0, 0.05) is 39.0 Å². The molecule has 1 unspecified atom stereocenters. The van der Waals surface area contributed by atoms with Gasteiger partial charge in [-0.2, -0.15) is 0 Å². The third-order valence-electron chi connectivity index (χ3n) is 9.55. The Hall–Kier alpha value is -6.20. The lowest BCUT2D eigenvalue weighted by atomic mass is 9.94. The lowest BCUT2D eigenvalue weighted by molar-refractivity contribution is 0.913. The second kappa shape index (κ2) is 15.4. The van der Waals surface area contributed by atoms with Gasteiger partial charge in [0.25, 0.3) is 0 Å². The molecule has 0 aliphatic rings. The van der Waals surface area contributed by atoms with Crippen LogP contribution in [0.5, 0.6) is 0 Å². The van der Waals surface area contributed by atoms with Gasteiger partial charge in [0.1, 0.15) is 0 Å². The van der Waals surface area contributed by atoms with E-state index in [0.717, 1.165) is 33.6 Å². The van der Waals surface area contributed by atoms with Crippen molar-refractivity contribution in [3.05, 3.63) is 199 Å². The van der Waals surface area contributed by atoms with Crippen LogP contribution in [0, 0.1) is 0 Å². The first kappa shape index (κ1) is 34.3. The Morgan fingerprint density at radius 2 is 0.846 bits per heavy atom. The Labute approximate surface area is 305 Å². The zero-order valence-electron chi connectivity index (χ0n) is 29.9. The highest BCUT2D eigenvalue weighted by atomic mass is 15.0. The van der Waals surface area contributed by atoms with Crippen LogP contribution >= 0.6 is 0 Å². The van der Waals surface area contributed by atoms with Crippen molar-refractivity contribution < 1.29 is 0 Å². The zero-order valence-corrected chi connectivity index (χ0v) is 29.9. The minimum absolute atomic E-state index is 0.220. The van der Waals surface area contributed by atoms with Crippen LogP contribution in [0.2, 0.25) is 0 Å². The quantitative estimate of drug-likeness (QED) is 0.184. The summed E-state index contributed by atoms with van der Waals surface area (Å²) in [6.07, 6.45) is 2.18. The molecule has 52 heavy (non-hydrogen) atoms. The van der Waals surface area contributed by atoms with Crippen molar-refractivity contribution in [3.8, 4) is 11.4 Å². The Morgan fingerprint density at radius 1 is 0.442 bits per heavy atom. The van der Waals surface area contributed by atoms with Crippen molar-refractivity contribution in [1.82, 2.24) is 9.13 Å². The number of fused-ring (bicyclic) bond motifs is 6. The molecule has 0 spiro atoms. The van der Waals surface area contributed by atoms with Gasteiger partial charge in [-0.15, -0.1) is 0 Å². The van der Waals surface area contributed by atoms with Crippen LogP contribution in [-0.2, 0) is 0 Å². The van der Waals surface area contributed by atoms with Crippen LogP contribution in [0.1, 0.15) is 36.6 Å². The second-order valence-electron chi connectivity index (χ2n) is 12.4. The van der Waals surface area contributed by atoms with Crippen molar-refractivity contribution in [2.75, 3.05) is 7.05 Å². The zero-order chi connectivity index (χ0) is 36.0. The Morgan fingerprint density at radius 3 is 1.40 bits per heavy atom. The van der Waals surface area contributed by atoms with E-state index in [1.165, 1.54) is 50.7 Å². The molecule has 4 heteroatoms. The van der Waals surface area contributed by atoms with Gasteiger partial charge in [-0.3, -0.25) is 0 Å². The molecule has 0 fully saturated rings. The summed E-state index contributed by atoms with van der Waals surface area (Å²) in [4.78, 5) is 0. The monoisotopic (exact) mass is 676 g/mol. The molecule has 2 aromatic heterocycles. The van der Waals surface area contributed by atoms with Crippen LogP contribution in [0.3, 0.4) is 0 Å². The predicted molar refractivity (Wildman–Crippen MR) is 223 cm³/mol. The summed E-state index contributed by atoms with van der Waals surface area (Å²) in [6, 6.07) is 62.4. The minimum Gasteiger partial charge on any atom is -0.333 e. The Balaban J connectivity index is 0.00000102. The molecular weight excluding hydrogens is 633 g/mol. The maximum atomic E-state index is 6.73. The largest absolute Gasteiger partial charge is 0.333 e. The first-order chi connectivity index (χ1) is 25.7. The van der Waals surface area contributed by atoms with E-state index in [4.69, 9.17) is 5.73 Å². The van der Waals surface area contributed by atoms with E-state index in [2.05, 4.69) is 179 Å². The number of aromatic nitrogens is 2. The fourth-order valence-corrected chi connectivity index (χ4v) is 7.30.